The van der Waals surface area contributed by atoms with Crippen LogP contribution in [0.2, 0.25) is 0 Å². The smallest absolute Gasteiger partial charge is 0.0351 e. The third kappa shape index (κ3) is 25.8. The first kappa shape index (κ1) is 29.7. The predicted octanol–water partition coefficient (Wildman–Crippen LogP) is 11.2. The molecule has 0 aliphatic rings. The fourth-order valence-corrected chi connectivity index (χ4v) is 4.36. The van der Waals surface area contributed by atoms with E-state index in [1.54, 1.807) is 0 Å². The Morgan fingerprint density at radius 3 is 1.20 bits per heavy atom. The summed E-state index contributed by atoms with van der Waals surface area (Å²) in [6.45, 7) is 10.3. The molecule has 0 N–H and O–H groups in total. The first-order valence-corrected chi connectivity index (χ1v) is 14.0. The first-order chi connectivity index (χ1) is 14.8. The van der Waals surface area contributed by atoms with Crippen LogP contribution in [0.25, 0.3) is 0 Å². The minimum absolute atomic E-state index is 0.923. The summed E-state index contributed by atoms with van der Waals surface area (Å²) in [6, 6.07) is 0. The number of hydrogen-bond donors (Lipinski definition) is 0. The topological polar surface area (TPSA) is 0 Å². The van der Waals surface area contributed by atoms with Crippen LogP contribution in [0.3, 0.4) is 0 Å². The van der Waals surface area contributed by atoms with Gasteiger partial charge in [-0.1, -0.05) is 161 Å². The molecular weight excluding hydrogens is 360 g/mol. The van der Waals surface area contributed by atoms with Crippen LogP contribution in [0.15, 0.2) is 12.2 Å². The molecule has 0 aromatic carbocycles. The summed E-state index contributed by atoms with van der Waals surface area (Å²) in [5.74, 6) is 0.923. The van der Waals surface area contributed by atoms with E-state index in [9.17, 15) is 0 Å². The van der Waals surface area contributed by atoms with E-state index in [2.05, 4.69) is 32.9 Å². The van der Waals surface area contributed by atoms with E-state index in [4.69, 9.17) is 0 Å². The van der Waals surface area contributed by atoms with Gasteiger partial charge in [0.25, 0.3) is 0 Å². The van der Waals surface area contributed by atoms with Crippen molar-refractivity contribution in [3.63, 3.8) is 0 Å². The molecule has 0 fully saturated rings. The van der Waals surface area contributed by atoms with Crippen LogP contribution in [0, 0.1) is 19.8 Å². The molecule has 0 nitrogen and oxygen atoms in total. The van der Waals surface area contributed by atoms with Gasteiger partial charge in [-0.25, -0.2) is 0 Å². The molecule has 0 saturated heterocycles. The molecule has 0 bridgehead atoms. The van der Waals surface area contributed by atoms with Gasteiger partial charge in [-0.3, -0.25) is 0 Å². The second-order valence-electron chi connectivity index (χ2n) is 9.80. The Balaban J connectivity index is 3.09. The second kappa shape index (κ2) is 26.8. The van der Waals surface area contributed by atoms with Crippen molar-refractivity contribution in [2.24, 2.45) is 5.92 Å². The summed E-state index contributed by atoms with van der Waals surface area (Å²) < 4.78 is 0. The molecule has 0 rings (SSSR count). The highest BCUT2D eigenvalue weighted by molar-refractivity contribution is 4.81. The lowest BCUT2D eigenvalue weighted by Crippen LogP contribution is -1.94. The van der Waals surface area contributed by atoms with Crippen molar-refractivity contribution in [3.8, 4) is 0 Å². The summed E-state index contributed by atoms with van der Waals surface area (Å²) in [6.07, 6.45) is 38.1. The van der Waals surface area contributed by atoms with Crippen LogP contribution in [-0.4, -0.2) is 0 Å². The zero-order valence-corrected chi connectivity index (χ0v) is 21.1. The summed E-state index contributed by atoms with van der Waals surface area (Å²) in [5.41, 5.74) is 0. The molecule has 30 heavy (non-hydrogen) atoms. The molecule has 0 heteroatoms. The second-order valence-corrected chi connectivity index (χ2v) is 9.80. The van der Waals surface area contributed by atoms with E-state index in [0.717, 1.165) is 18.8 Å². The van der Waals surface area contributed by atoms with Crippen molar-refractivity contribution in [1.82, 2.24) is 0 Å². The van der Waals surface area contributed by atoms with Gasteiger partial charge in [0.1, 0.15) is 0 Å². The highest BCUT2D eigenvalue weighted by Crippen LogP contribution is 2.17. The molecule has 0 amide bonds. The van der Waals surface area contributed by atoms with E-state index in [1.807, 2.05) is 0 Å². The number of rotatable bonds is 25. The lowest BCUT2D eigenvalue weighted by Gasteiger charge is -2.10. The average molecular weight is 419 g/mol. The normalized spacial score (nSPS) is 12.8. The van der Waals surface area contributed by atoms with Crippen molar-refractivity contribution < 1.29 is 0 Å². The lowest BCUT2D eigenvalue weighted by atomic mass is 9.97. The van der Waals surface area contributed by atoms with Crippen LogP contribution >= 0.6 is 0 Å². The van der Waals surface area contributed by atoms with Crippen molar-refractivity contribution in [2.75, 3.05) is 0 Å². The maximum absolute atomic E-state index is 3.95. The maximum atomic E-state index is 3.95. The minimum Gasteiger partial charge on any atom is -0.0885 e. The van der Waals surface area contributed by atoms with Crippen LogP contribution in [0.5, 0.6) is 0 Å². The quantitative estimate of drug-likeness (QED) is 0.102. The maximum Gasteiger partial charge on any atom is -0.0351 e. The number of hydrogen-bond acceptors (Lipinski definition) is 0. The third-order valence-electron chi connectivity index (χ3n) is 6.55. The molecule has 1 unspecified atom stereocenters. The van der Waals surface area contributed by atoms with E-state index in [1.165, 1.54) is 141 Å². The van der Waals surface area contributed by atoms with E-state index in [-0.39, 0.29) is 0 Å². The SMILES string of the molecule is [CH2]CCCCCCC=CCCCCCCCCCCCCCCCC(C)CCC[CH2]. The zero-order chi connectivity index (χ0) is 22.0. The molecule has 1 atom stereocenters. The highest BCUT2D eigenvalue weighted by Gasteiger charge is 2.01. The standard InChI is InChI=1S/C30H58/c1-4-6-8-9-10-11-12-13-14-15-16-17-18-19-20-21-22-23-24-25-26-27-29-30(3)28-7-5-2/h12-13,30H,1-2,4-11,14-29H2,3H3. The number of allylic oxidation sites excluding steroid dienone is 2. The Morgan fingerprint density at radius 2 is 0.767 bits per heavy atom. The molecule has 0 saturated carbocycles. The van der Waals surface area contributed by atoms with Crippen molar-refractivity contribution >= 4 is 0 Å². The van der Waals surface area contributed by atoms with Gasteiger partial charge in [-0.05, 0) is 31.6 Å². The highest BCUT2D eigenvalue weighted by atomic mass is 14.1. The average Bonchev–Trinajstić information content (AvgIpc) is 2.75. The van der Waals surface area contributed by atoms with Gasteiger partial charge < -0.3 is 0 Å². The molecule has 0 spiro atoms. The fraction of sp³-hybridized carbons (Fsp3) is 0.867. The van der Waals surface area contributed by atoms with Gasteiger partial charge in [0.15, 0.2) is 0 Å². The first-order valence-electron chi connectivity index (χ1n) is 14.0. The predicted molar refractivity (Wildman–Crippen MR) is 140 cm³/mol. The lowest BCUT2D eigenvalue weighted by molar-refractivity contribution is 0.443. The van der Waals surface area contributed by atoms with Gasteiger partial charge >= 0.3 is 0 Å². The van der Waals surface area contributed by atoms with E-state index < -0.39 is 0 Å². The molecule has 0 aliphatic carbocycles. The van der Waals surface area contributed by atoms with Crippen molar-refractivity contribution in [1.29, 1.82) is 0 Å². The minimum atomic E-state index is 0.923. The Labute approximate surface area is 193 Å². The Kier molecular flexibility index (Phi) is 26.5. The van der Waals surface area contributed by atoms with Crippen LogP contribution in [0.1, 0.15) is 161 Å². The molecule has 0 aliphatic heterocycles. The molecule has 0 aromatic heterocycles. The Bertz CT molecular complexity index is 316. The molecule has 0 aromatic rings. The molecule has 178 valence electrons. The van der Waals surface area contributed by atoms with Gasteiger partial charge in [0.2, 0.25) is 0 Å². The van der Waals surface area contributed by atoms with Crippen molar-refractivity contribution in [2.45, 2.75) is 161 Å². The fourth-order valence-electron chi connectivity index (χ4n) is 4.36. The summed E-state index contributed by atoms with van der Waals surface area (Å²) in [7, 11) is 0. The van der Waals surface area contributed by atoms with Crippen LogP contribution < -0.4 is 0 Å². The summed E-state index contributed by atoms with van der Waals surface area (Å²) in [4.78, 5) is 0. The largest absolute Gasteiger partial charge is 0.0885 e. The molecule has 2 radical (unpaired) electrons. The Morgan fingerprint density at radius 1 is 0.433 bits per heavy atom. The zero-order valence-electron chi connectivity index (χ0n) is 21.1. The number of unbranched alkanes of at least 4 members (excludes halogenated alkanes) is 19. The van der Waals surface area contributed by atoms with Crippen molar-refractivity contribution in [3.05, 3.63) is 26.0 Å². The van der Waals surface area contributed by atoms with Crippen LogP contribution in [-0.2, 0) is 0 Å². The van der Waals surface area contributed by atoms with Crippen LogP contribution in [0.4, 0.5) is 0 Å². The summed E-state index contributed by atoms with van der Waals surface area (Å²) >= 11 is 0. The van der Waals surface area contributed by atoms with Gasteiger partial charge in [0, 0.05) is 0 Å². The third-order valence-corrected chi connectivity index (χ3v) is 6.55. The van der Waals surface area contributed by atoms with Gasteiger partial charge in [0.05, 0.1) is 0 Å². The molecule has 0 heterocycles. The molecular formula is C30H58. The van der Waals surface area contributed by atoms with E-state index >= 15 is 0 Å². The monoisotopic (exact) mass is 418 g/mol. The summed E-state index contributed by atoms with van der Waals surface area (Å²) in [5, 5.41) is 0. The Hall–Kier alpha value is -0.260. The van der Waals surface area contributed by atoms with Gasteiger partial charge in [-0.15, -0.1) is 0 Å². The van der Waals surface area contributed by atoms with E-state index in [0.29, 0.717) is 0 Å². The van der Waals surface area contributed by atoms with Gasteiger partial charge in [-0.2, -0.15) is 0 Å².